The standard InChI is InChI=1S/C13H19BrN2/c1-13(8-3-2-4-9-13)15-10-11-6-5-7-12(14)16-11/h5-7,15H,2-4,8-10H2,1H3. The number of aromatic nitrogens is 1. The quantitative estimate of drug-likeness (QED) is 0.856. The van der Waals surface area contributed by atoms with Crippen molar-refractivity contribution in [1.29, 1.82) is 0 Å². The number of hydrogen-bond donors (Lipinski definition) is 1. The molecular weight excluding hydrogens is 264 g/mol. The third kappa shape index (κ3) is 3.29. The molecule has 1 aromatic rings. The van der Waals surface area contributed by atoms with Crippen molar-refractivity contribution in [1.82, 2.24) is 10.3 Å². The Labute approximate surface area is 106 Å². The van der Waals surface area contributed by atoms with Crippen LogP contribution in [0.1, 0.15) is 44.7 Å². The highest BCUT2D eigenvalue weighted by Gasteiger charge is 2.25. The van der Waals surface area contributed by atoms with E-state index in [9.17, 15) is 0 Å². The van der Waals surface area contributed by atoms with E-state index in [2.05, 4.69) is 39.2 Å². The molecule has 0 radical (unpaired) electrons. The molecule has 1 aromatic heterocycles. The molecule has 3 heteroatoms. The van der Waals surface area contributed by atoms with E-state index in [0.29, 0.717) is 5.54 Å². The third-order valence-corrected chi connectivity index (χ3v) is 3.87. The van der Waals surface area contributed by atoms with E-state index in [1.807, 2.05) is 12.1 Å². The maximum atomic E-state index is 4.44. The molecule has 1 saturated carbocycles. The normalized spacial score (nSPS) is 19.6. The summed E-state index contributed by atoms with van der Waals surface area (Å²) in [5.74, 6) is 0. The topological polar surface area (TPSA) is 24.9 Å². The molecular formula is C13H19BrN2. The molecule has 1 aliphatic rings. The van der Waals surface area contributed by atoms with Crippen molar-refractivity contribution in [2.24, 2.45) is 0 Å². The van der Waals surface area contributed by atoms with E-state index in [1.54, 1.807) is 0 Å². The molecule has 1 fully saturated rings. The van der Waals surface area contributed by atoms with Crippen LogP contribution in [0.4, 0.5) is 0 Å². The second-order valence-electron chi connectivity index (χ2n) is 4.93. The monoisotopic (exact) mass is 282 g/mol. The van der Waals surface area contributed by atoms with Crippen LogP contribution in [0.2, 0.25) is 0 Å². The number of rotatable bonds is 3. The number of hydrogen-bond acceptors (Lipinski definition) is 2. The van der Waals surface area contributed by atoms with Gasteiger partial charge in [0.15, 0.2) is 0 Å². The van der Waals surface area contributed by atoms with Gasteiger partial charge in [0, 0.05) is 12.1 Å². The first-order valence-electron chi connectivity index (χ1n) is 6.04. The van der Waals surface area contributed by atoms with E-state index in [1.165, 1.54) is 32.1 Å². The van der Waals surface area contributed by atoms with Gasteiger partial charge in [0.1, 0.15) is 4.60 Å². The van der Waals surface area contributed by atoms with Crippen LogP contribution in [0.3, 0.4) is 0 Å². The van der Waals surface area contributed by atoms with Gasteiger partial charge in [0.05, 0.1) is 5.69 Å². The summed E-state index contributed by atoms with van der Waals surface area (Å²) in [4.78, 5) is 4.44. The molecule has 16 heavy (non-hydrogen) atoms. The van der Waals surface area contributed by atoms with Crippen molar-refractivity contribution in [3.8, 4) is 0 Å². The zero-order valence-electron chi connectivity index (χ0n) is 9.80. The van der Waals surface area contributed by atoms with Gasteiger partial charge in [-0.3, -0.25) is 0 Å². The Kier molecular flexibility index (Phi) is 3.98. The molecule has 0 unspecified atom stereocenters. The maximum Gasteiger partial charge on any atom is 0.106 e. The number of pyridine rings is 1. The van der Waals surface area contributed by atoms with Crippen LogP contribution in [0.5, 0.6) is 0 Å². The Hall–Kier alpha value is -0.410. The molecule has 2 nitrogen and oxygen atoms in total. The lowest BCUT2D eigenvalue weighted by Gasteiger charge is -2.34. The Morgan fingerprint density at radius 1 is 1.31 bits per heavy atom. The molecule has 0 atom stereocenters. The average Bonchev–Trinajstić information content (AvgIpc) is 2.28. The SMILES string of the molecule is CC1(NCc2cccc(Br)n2)CCCCC1. The fourth-order valence-corrected chi connectivity index (χ4v) is 2.74. The summed E-state index contributed by atoms with van der Waals surface area (Å²) in [6.07, 6.45) is 6.69. The smallest absolute Gasteiger partial charge is 0.106 e. The van der Waals surface area contributed by atoms with Crippen molar-refractivity contribution in [2.75, 3.05) is 0 Å². The molecule has 2 rings (SSSR count). The van der Waals surface area contributed by atoms with E-state index in [-0.39, 0.29) is 0 Å². The van der Waals surface area contributed by atoms with Gasteiger partial charge < -0.3 is 5.32 Å². The lowest BCUT2D eigenvalue weighted by atomic mass is 9.83. The predicted molar refractivity (Wildman–Crippen MR) is 70.3 cm³/mol. The summed E-state index contributed by atoms with van der Waals surface area (Å²) in [6.45, 7) is 3.21. The fraction of sp³-hybridized carbons (Fsp3) is 0.615. The number of nitrogens with one attached hydrogen (secondary N) is 1. The van der Waals surface area contributed by atoms with Crippen LogP contribution in [0.25, 0.3) is 0 Å². The zero-order chi connectivity index (χ0) is 11.4. The van der Waals surface area contributed by atoms with E-state index in [0.717, 1.165) is 16.8 Å². The molecule has 0 spiro atoms. The zero-order valence-corrected chi connectivity index (χ0v) is 11.4. The van der Waals surface area contributed by atoms with Gasteiger partial charge in [-0.25, -0.2) is 4.98 Å². The van der Waals surface area contributed by atoms with Crippen molar-refractivity contribution < 1.29 is 0 Å². The maximum absolute atomic E-state index is 4.44. The Morgan fingerprint density at radius 2 is 2.06 bits per heavy atom. The second kappa shape index (κ2) is 5.28. The Balaban J connectivity index is 1.91. The van der Waals surface area contributed by atoms with Gasteiger partial charge in [-0.15, -0.1) is 0 Å². The van der Waals surface area contributed by atoms with Gasteiger partial charge in [0.2, 0.25) is 0 Å². The fourth-order valence-electron chi connectivity index (χ4n) is 2.36. The van der Waals surface area contributed by atoms with Crippen LogP contribution >= 0.6 is 15.9 Å². The lowest BCUT2D eigenvalue weighted by molar-refractivity contribution is 0.251. The lowest BCUT2D eigenvalue weighted by Crippen LogP contribution is -2.43. The highest BCUT2D eigenvalue weighted by Crippen LogP contribution is 2.27. The average molecular weight is 283 g/mol. The minimum atomic E-state index is 0.322. The summed E-state index contributed by atoms with van der Waals surface area (Å²) in [7, 11) is 0. The van der Waals surface area contributed by atoms with E-state index < -0.39 is 0 Å². The minimum Gasteiger partial charge on any atom is -0.306 e. The Bertz CT molecular complexity index is 346. The molecule has 0 amide bonds. The van der Waals surface area contributed by atoms with Crippen molar-refractivity contribution in [3.63, 3.8) is 0 Å². The highest BCUT2D eigenvalue weighted by atomic mass is 79.9. The third-order valence-electron chi connectivity index (χ3n) is 3.43. The second-order valence-corrected chi connectivity index (χ2v) is 5.74. The number of halogens is 1. The summed E-state index contributed by atoms with van der Waals surface area (Å²) in [5.41, 5.74) is 1.43. The molecule has 0 aromatic carbocycles. The molecule has 1 heterocycles. The molecule has 1 aliphatic carbocycles. The molecule has 0 bridgehead atoms. The molecule has 0 aliphatic heterocycles. The van der Waals surface area contributed by atoms with Crippen LogP contribution in [0, 0.1) is 0 Å². The molecule has 0 saturated heterocycles. The summed E-state index contributed by atoms with van der Waals surface area (Å²) >= 11 is 3.40. The number of nitrogens with zero attached hydrogens (tertiary/aromatic N) is 1. The highest BCUT2D eigenvalue weighted by molar-refractivity contribution is 9.10. The van der Waals surface area contributed by atoms with Crippen molar-refractivity contribution >= 4 is 15.9 Å². The summed E-state index contributed by atoms with van der Waals surface area (Å²) < 4.78 is 0.917. The summed E-state index contributed by atoms with van der Waals surface area (Å²) in [6, 6.07) is 6.08. The van der Waals surface area contributed by atoms with Crippen molar-refractivity contribution in [2.45, 2.75) is 51.1 Å². The minimum absolute atomic E-state index is 0.322. The Morgan fingerprint density at radius 3 is 2.75 bits per heavy atom. The van der Waals surface area contributed by atoms with Crippen LogP contribution < -0.4 is 5.32 Å². The first-order valence-corrected chi connectivity index (χ1v) is 6.84. The van der Waals surface area contributed by atoms with Gasteiger partial charge in [0.25, 0.3) is 0 Å². The predicted octanol–water partition coefficient (Wildman–Crippen LogP) is 3.66. The van der Waals surface area contributed by atoms with E-state index >= 15 is 0 Å². The first-order chi connectivity index (χ1) is 7.68. The summed E-state index contributed by atoms with van der Waals surface area (Å²) in [5, 5.41) is 3.66. The van der Waals surface area contributed by atoms with Crippen molar-refractivity contribution in [3.05, 3.63) is 28.5 Å². The van der Waals surface area contributed by atoms with Crippen LogP contribution in [-0.4, -0.2) is 10.5 Å². The first kappa shape index (κ1) is 12.1. The van der Waals surface area contributed by atoms with Gasteiger partial charge in [-0.1, -0.05) is 25.3 Å². The molecule has 88 valence electrons. The van der Waals surface area contributed by atoms with E-state index in [4.69, 9.17) is 0 Å². The molecule has 1 N–H and O–H groups in total. The van der Waals surface area contributed by atoms with Gasteiger partial charge in [-0.2, -0.15) is 0 Å². The van der Waals surface area contributed by atoms with Gasteiger partial charge >= 0.3 is 0 Å². The van der Waals surface area contributed by atoms with Crippen LogP contribution in [-0.2, 0) is 6.54 Å². The largest absolute Gasteiger partial charge is 0.306 e. The van der Waals surface area contributed by atoms with Crippen LogP contribution in [0.15, 0.2) is 22.8 Å². The van der Waals surface area contributed by atoms with Gasteiger partial charge in [-0.05, 0) is 47.8 Å².